The summed E-state index contributed by atoms with van der Waals surface area (Å²) in [4.78, 5) is 4.14. The monoisotopic (exact) mass is 243 g/mol. The predicted octanol–water partition coefficient (Wildman–Crippen LogP) is 2.59. The van der Waals surface area contributed by atoms with Gasteiger partial charge in [-0.25, -0.2) is 4.98 Å². The van der Waals surface area contributed by atoms with Gasteiger partial charge in [0.1, 0.15) is 0 Å². The van der Waals surface area contributed by atoms with Gasteiger partial charge in [-0.1, -0.05) is 0 Å². The van der Waals surface area contributed by atoms with E-state index in [-0.39, 0.29) is 0 Å². The Morgan fingerprint density at radius 2 is 1.81 bits per heavy atom. The summed E-state index contributed by atoms with van der Waals surface area (Å²) < 4.78 is 23.0. The topological polar surface area (TPSA) is 48.4 Å². The molecule has 4 nitrogen and oxygen atoms in total. The molecule has 0 aliphatic heterocycles. The molecule has 0 saturated heterocycles. The second-order valence-electron chi connectivity index (χ2n) is 3.41. The van der Waals surface area contributed by atoms with E-state index in [2.05, 4.69) is 4.98 Å². The van der Waals surface area contributed by atoms with Crippen LogP contribution in [0.4, 0.5) is 0 Å². The highest BCUT2D eigenvalue weighted by molar-refractivity contribution is 7.62. The third-order valence-electron chi connectivity index (χ3n) is 2.31. The summed E-state index contributed by atoms with van der Waals surface area (Å²) >= 11 is 0. The van der Waals surface area contributed by atoms with Crippen molar-refractivity contribution in [3.8, 4) is 0 Å². The lowest BCUT2D eigenvalue weighted by Crippen LogP contribution is -2.18. The van der Waals surface area contributed by atoms with Crippen LogP contribution in [0.1, 0.15) is 25.0 Å². The average molecular weight is 243 g/mol. The quantitative estimate of drug-likeness (QED) is 0.746. The first-order valence-electron chi connectivity index (χ1n) is 5.37. The summed E-state index contributed by atoms with van der Waals surface area (Å²) in [5, 5.41) is 0. The molecule has 0 saturated carbocycles. The van der Waals surface area contributed by atoms with Crippen LogP contribution in [0.25, 0.3) is 0 Å². The molecule has 5 heteroatoms. The van der Waals surface area contributed by atoms with E-state index in [1.807, 2.05) is 19.9 Å². The number of aromatic nitrogens is 1. The van der Waals surface area contributed by atoms with Crippen molar-refractivity contribution in [3.05, 3.63) is 23.4 Å². The number of hydrogen-bond acceptors (Lipinski definition) is 4. The number of aryl methyl sites for hydroxylation is 1. The Labute approximate surface area is 96.5 Å². The van der Waals surface area contributed by atoms with E-state index in [4.69, 9.17) is 9.05 Å². The summed E-state index contributed by atoms with van der Waals surface area (Å²) in [6, 6.07) is 1.88. The van der Waals surface area contributed by atoms with E-state index in [0.29, 0.717) is 18.6 Å². The Morgan fingerprint density at radius 3 is 2.31 bits per heavy atom. The molecule has 0 aliphatic carbocycles. The van der Waals surface area contributed by atoms with Gasteiger partial charge in [0, 0.05) is 6.20 Å². The van der Waals surface area contributed by atoms with Gasteiger partial charge in [0.15, 0.2) is 5.44 Å². The van der Waals surface area contributed by atoms with E-state index in [0.717, 1.165) is 11.1 Å². The van der Waals surface area contributed by atoms with Crippen LogP contribution in [-0.4, -0.2) is 18.2 Å². The average Bonchev–Trinajstić information content (AvgIpc) is 2.22. The molecule has 0 spiro atoms. The van der Waals surface area contributed by atoms with Crippen molar-refractivity contribution in [2.24, 2.45) is 0 Å². The lowest BCUT2D eigenvalue weighted by atomic mass is 10.2. The van der Waals surface area contributed by atoms with Gasteiger partial charge in [-0.05, 0) is 44.9 Å². The summed E-state index contributed by atoms with van der Waals surface area (Å²) in [5.41, 5.74) is 2.33. The summed E-state index contributed by atoms with van der Waals surface area (Å²) in [5.74, 6) is 0. The van der Waals surface area contributed by atoms with E-state index >= 15 is 0 Å². The third kappa shape index (κ3) is 2.70. The second-order valence-corrected chi connectivity index (χ2v) is 5.34. The van der Waals surface area contributed by atoms with Crippen LogP contribution < -0.4 is 5.44 Å². The maximum absolute atomic E-state index is 12.5. The summed E-state index contributed by atoms with van der Waals surface area (Å²) in [7, 11) is -3.25. The van der Waals surface area contributed by atoms with Gasteiger partial charge in [-0.3, -0.25) is 4.57 Å². The predicted molar refractivity (Wildman–Crippen MR) is 64.2 cm³/mol. The first-order chi connectivity index (χ1) is 7.55. The molecular formula is C11H18NO3P. The Morgan fingerprint density at radius 1 is 1.25 bits per heavy atom. The van der Waals surface area contributed by atoms with Gasteiger partial charge in [0.05, 0.1) is 13.2 Å². The Bertz CT molecular complexity index is 396. The second kappa shape index (κ2) is 5.58. The van der Waals surface area contributed by atoms with Gasteiger partial charge < -0.3 is 9.05 Å². The zero-order chi connectivity index (χ0) is 12.2. The van der Waals surface area contributed by atoms with Crippen LogP contribution in [0, 0.1) is 13.8 Å². The SMILES string of the molecule is CCOP(=O)(OCC)c1nccc(C)c1C. The molecule has 0 aliphatic rings. The third-order valence-corrected chi connectivity index (χ3v) is 4.47. The van der Waals surface area contributed by atoms with Gasteiger partial charge in [0.25, 0.3) is 0 Å². The molecule has 0 unspecified atom stereocenters. The van der Waals surface area contributed by atoms with Crippen molar-refractivity contribution in [1.29, 1.82) is 0 Å². The molecule has 0 bridgehead atoms. The molecule has 0 atom stereocenters. The van der Waals surface area contributed by atoms with Crippen LogP contribution in [0.15, 0.2) is 12.3 Å². The lowest BCUT2D eigenvalue weighted by molar-refractivity contribution is 0.229. The molecule has 1 rings (SSSR count). The van der Waals surface area contributed by atoms with Crippen LogP contribution in [-0.2, 0) is 13.6 Å². The molecule has 0 fully saturated rings. The number of rotatable bonds is 5. The summed E-state index contributed by atoms with van der Waals surface area (Å²) in [6.07, 6.45) is 1.63. The molecule has 16 heavy (non-hydrogen) atoms. The number of pyridine rings is 1. The fourth-order valence-corrected chi connectivity index (χ4v) is 3.19. The minimum absolute atomic E-state index is 0.340. The zero-order valence-corrected chi connectivity index (χ0v) is 11.1. The van der Waals surface area contributed by atoms with Crippen LogP contribution in [0.3, 0.4) is 0 Å². The largest absolute Gasteiger partial charge is 0.379 e. The maximum atomic E-state index is 12.5. The van der Waals surface area contributed by atoms with E-state index in [1.165, 1.54) is 0 Å². The van der Waals surface area contributed by atoms with Crippen molar-refractivity contribution in [2.45, 2.75) is 27.7 Å². The van der Waals surface area contributed by atoms with Crippen molar-refractivity contribution in [2.75, 3.05) is 13.2 Å². The molecule has 0 N–H and O–H groups in total. The van der Waals surface area contributed by atoms with E-state index < -0.39 is 7.60 Å². The Kier molecular flexibility index (Phi) is 4.66. The molecule has 90 valence electrons. The first-order valence-corrected chi connectivity index (χ1v) is 6.91. The maximum Gasteiger partial charge on any atom is 0.379 e. The molecule has 0 aromatic carbocycles. The van der Waals surface area contributed by atoms with Gasteiger partial charge in [-0.2, -0.15) is 0 Å². The minimum atomic E-state index is -3.25. The Balaban J connectivity index is 3.21. The van der Waals surface area contributed by atoms with Gasteiger partial charge in [0.2, 0.25) is 0 Å². The van der Waals surface area contributed by atoms with Gasteiger partial charge in [-0.15, -0.1) is 0 Å². The Hall–Kier alpha value is -0.700. The molecule has 0 radical (unpaired) electrons. The number of hydrogen-bond donors (Lipinski definition) is 0. The molecule has 1 aromatic rings. The molecule has 1 aromatic heterocycles. The zero-order valence-electron chi connectivity index (χ0n) is 10.2. The van der Waals surface area contributed by atoms with Crippen LogP contribution in [0.2, 0.25) is 0 Å². The van der Waals surface area contributed by atoms with Crippen molar-refractivity contribution in [3.63, 3.8) is 0 Å². The fraction of sp³-hybridized carbons (Fsp3) is 0.545. The van der Waals surface area contributed by atoms with Crippen molar-refractivity contribution >= 4 is 13.0 Å². The lowest BCUT2D eigenvalue weighted by Gasteiger charge is -2.18. The highest BCUT2D eigenvalue weighted by Gasteiger charge is 2.30. The van der Waals surface area contributed by atoms with Crippen molar-refractivity contribution in [1.82, 2.24) is 4.98 Å². The fourth-order valence-electron chi connectivity index (χ4n) is 1.39. The van der Waals surface area contributed by atoms with Crippen LogP contribution >= 0.6 is 7.60 Å². The normalized spacial score (nSPS) is 11.8. The van der Waals surface area contributed by atoms with E-state index in [1.54, 1.807) is 20.0 Å². The standard InChI is InChI=1S/C11H18NO3P/c1-5-14-16(13,15-6-2)11-10(4)9(3)7-8-12-11/h7-8H,5-6H2,1-4H3. The molecule has 1 heterocycles. The van der Waals surface area contributed by atoms with E-state index in [9.17, 15) is 4.57 Å². The summed E-state index contributed by atoms with van der Waals surface area (Å²) in [6.45, 7) is 8.08. The molecular weight excluding hydrogens is 225 g/mol. The molecule has 0 amide bonds. The number of nitrogens with zero attached hydrogens (tertiary/aromatic N) is 1. The highest BCUT2D eigenvalue weighted by Crippen LogP contribution is 2.47. The smallest absolute Gasteiger partial charge is 0.304 e. The minimum Gasteiger partial charge on any atom is -0.304 e. The highest BCUT2D eigenvalue weighted by atomic mass is 31.2. The first kappa shape index (κ1) is 13.4. The van der Waals surface area contributed by atoms with Crippen LogP contribution in [0.5, 0.6) is 0 Å². The van der Waals surface area contributed by atoms with Crippen molar-refractivity contribution < 1.29 is 13.6 Å². The van der Waals surface area contributed by atoms with Gasteiger partial charge >= 0.3 is 7.60 Å².